The third kappa shape index (κ3) is 4.11. The van der Waals surface area contributed by atoms with Gasteiger partial charge < -0.3 is 16.0 Å². The van der Waals surface area contributed by atoms with Crippen LogP contribution in [0.2, 0.25) is 0 Å². The summed E-state index contributed by atoms with van der Waals surface area (Å²) in [6, 6.07) is 27.7. The van der Waals surface area contributed by atoms with Crippen LogP contribution in [0.5, 0.6) is 0 Å². The van der Waals surface area contributed by atoms with E-state index in [2.05, 4.69) is 46.3 Å². The Morgan fingerprint density at radius 2 is 1.55 bits per heavy atom. The minimum atomic E-state index is -0.175. The molecular weight excluding hydrogens is 404 g/mol. The van der Waals surface area contributed by atoms with Crippen LogP contribution in [-0.4, -0.2) is 11.1 Å². The summed E-state index contributed by atoms with van der Waals surface area (Å²) in [4.78, 5) is 12.7. The molecule has 0 aliphatic carbocycles. The number of hydrogen-bond donors (Lipinski definition) is 4. The molecule has 152 valence electrons. The normalized spacial score (nSPS) is 12.2. The predicted molar refractivity (Wildman–Crippen MR) is 131 cm³/mol. The second-order valence-electron chi connectivity index (χ2n) is 7.31. The lowest BCUT2D eigenvalue weighted by atomic mass is 10.1. The first-order valence-corrected chi connectivity index (χ1v) is 10.9. The molecule has 0 saturated carbocycles. The van der Waals surface area contributed by atoms with Gasteiger partial charge in [-0.2, -0.15) is 0 Å². The molecule has 4 aromatic rings. The van der Waals surface area contributed by atoms with Crippen LogP contribution in [0.3, 0.4) is 0 Å². The van der Waals surface area contributed by atoms with Crippen LogP contribution in [0.1, 0.15) is 15.9 Å². The van der Waals surface area contributed by atoms with Gasteiger partial charge in [0.25, 0.3) is 5.91 Å². The van der Waals surface area contributed by atoms with Gasteiger partial charge in [-0.3, -0.25) is 10.2 Å². The Morgan fingerprint density at radius 1 is 0.806 bits per heavy atom. The average Bonchev–Trinajstić information content (AvgIpc) is 2.93. The van der Waals surface area contributed by atoms with Crippen molar-refractivity contribution >= 4 is 56.4 Å². The first kappa shape index (κ1) is 19.2. The van der Waals surface area contributed by atoms with Crippen LogP contribution in [0.4, 0.5) is 22.7 Å². The molecule has 0 atom stereocenters. The van der Waals surface area contributed by atoms with E-state index in [9.17, 15) is 4.79 Å². The number of amidine groups is 1. The fraction of sp³-hybridized carbons (Fsp3) is 0.0400. The van der Waals surface area contributed by atoms with Gasteiger partial charge in [-0.15, -0.1) is 0 Å². The molecule has 0 unspecified atom stereocenters. The van der Waals surface area contributed by atoms with Gasteiger partial charge in [0.1, 0.15) is 0 Å². The van der Waals surface area contributed by atoms with Gasteiger partial charge in [-0.25, -0.2) is 0 Å². The van der Waals surface area contributed by atoms with Crippen LogP contribution in [0.15, 0.2) is 84.9 Å². The molecule has 0 fully saturated rings. The Hall–Kier alpha value is -3.77. The Kier molecular flexibility index (Phi) is 5.06. The summed E-state index contributed by atoms with van der Waals surface area (Å²) in [5.41, 5.74) is 4.75. The summed E-state index contributed by atoms with van der Waals surface area (Å²) in [5, 5.41) is 20.4. The Labute approximate surface area is 184 Å². The number of thioether (sulfide) groups is 1. The Morgan fingerprint density at radius 3 is 2.39 bits per heavy atom. The van der Waals surface area contributed by atoms with E-state index in [-0.39, 0.29) is 5.91 Å². The van der Waals surface area contributed by atoms with Gasteiger partial charge in [0.15, 0.2) is 5.17 Å². The quantitative estimate of drug-likeness (QED) is 0.226. The third-order valence-electron chi connectivity index (χ3n) is 5.16. The zero-order valence-corrected chi connectivity index (χ0v) is 17.4. The molecule has 4 aromatic carbocycles. The van der Waals surface area contributed by atoms with E-state index in [0.717, 1.165) is 17.1 Å². The first-order chi connectivity index (χ1) is 15.2. The van der Waals surface area contributed by atoms with Crippen molar-refractivity contribution in [1.82, 2.24) is 0 Å². The molecule has 5 rings (SSSR count). The number of rotatable bonds is 3. The number of carbonyl (C=O) groups is 1. The second kappa shape index (κ2) is 8.16. The van der Waals surface area contributed by atoms with Crippen LogP contribution in [0, 0.1) is 5.41 Å². The highest BCUT2D eigenvalue weighted by Gasteiger charge is 2.19. The van der Waals surface area contributed by atoms with Gasteiger partial charge in [-0.05, 0) is 46.7 Å². The molecule has 1 aliphatic rings. The maximum atomic E-state index is 12.7. The van der Waals surface area contributed by atoms with E-state index in [4.69, 9.17) is 5.41 Å². The molecule has 1 amide bonds. The number of para-hydroxylation sites is 2. The molecule has 1 heterocycles. The molecule has 0 bridgehead atoms. The lowest BCUT2D eigenvalue weighted by molar-refractivity contribution is 0.102. The number of nitrogens with one attached hydrogen (secondary N) is 4. The summed E-state index contributed by atoms with van der Waals surface area (Å²) in [7, 11) is 0. The maximum Gasteiger partial charge on any atom is 0.257 e. The van der Waals surface area contributed by atoms with E-state index in [1.165, 1.54) is 28.1 Å². The lowest BCUT2D eigenvalue weighted by Gasteiger charge is -2.12. The van der Waals surface area contributed by atoms with Crippen molar-refractivity contribution in [3.63, 3.8) is 0 Å². The lowest BCUT2D eigenvalue weighted by Crippen LogP contribution is -2.12. The number of hydrogen-bond acceptors (Lipinski definition) is 4. The standard InChI is InChI=1S/C25H20N4OS/c26-25(31-15-16-9-10-17-5-1-2-6-18(17)13-16)27-19-11-12-21-20(14-19)24(30)29-23-8-4-3-7-22(23)28-21/h1-14,28H,15H2,(H2,26,27)(H,29,30). The third-order valence-corrected chi connectivity index (χ3v) is 6.03. The minimum absolute atomic E-state index is 0.175. The van der Waals surface area contributed by atoms with E-state index in [1.54, 1.807) is 6.07 Å². The summed E-state index contributed by atoms with van der Waals surface area (Å²) >= 11 is 1.42. The molecule has 1 aliphatic heterocycles. The zero-order valence-electron chi connectivity index (χ0n) is 16.6. The smallest absolute Gasteiger partial charge is 0.257 e. The van der Waals surface area contributed by atoms with Gasteiger partial charge in [-0.1, -0.05) is 66.4 Å². The van der Waals surface area contributed by atoms with E-state index >= 15 is 0 Å². The fourth-order valence-electron chi connectivity index (χ4n) is 3.61. The molecule has 6 heteroatoms. The summed E-state index contributed by atoms with van der Waals surface area (Å²) < 4.78 is 0. The average molecular weight is 425 g/mol. The number of anilines is 4. The van der Waals surface area contributed by atoms with Crippen LogP contribution in [-0.2, 0) is 5.75 Å². The molecule has 31 heavy (non-hydrogen) atoms. The Bertz CT molecular complexity index is 1320. The first-order valence-electron chi connectivity index (χ1n) is 9.93. The van der Waals surface area contributed by atoms with E-state index in [0.29, 0.717) is 22.2 Å². The predicted octanol–water partition coefficient (Wildman–Crippen LogP) is 6.43. The second-order valence-corrected chi connectivity index (χ2v) is 8.29. The van der Waals surface area contributed by atoms with Crippen molar-refractivity contribution in [2.75, 3.05) is 16.0 Å². The van der Waals surface area contributed by atoms with Crippen molar-refractivity contribution in [3.05, 3.63) is 96.1 Å². The molecule has 0 saturated heterocycles. The van der Waals surface area contributed by atoms with Crippen LogP contribution < -0.4 is 16.0 Å². The highest BCUT2D eigenvalue weighted by molar-refractivity contribution is 8.13. The number of benzene rings is 4. The van der Waals surface area contributed by atoms with Crippen LogP contribution >= 0.6 is 11.8 Å². The van der Waals surface area contributed by atoms with Crippen LogP contribution in [0.25, 0.3) is 10.8 Å². The SMILES string of the molecule is N=C(Nc1ccc2c(c1)C(=O)Nc1ccccc1N2)SCc1ccc2ccccc2c1. The van der Waals surface area contributed by atoms with Crippen molar-refractivity contribution in [2.24, 2.45) is 0 Å². The largest absolute Gasteiger partial charge is 0.353 e. The molecule has 4 N–H and O–H groups in total. The topological polar surface area (TPSA) is 77.0 Å². The highest BCUT2D eigenvalue weighted by Crippen LogP contribution is 2.33. The molecule has 0 radical (unpaired) electrons. The monoisotopic (exact) mass is 424 g/mol. The van der Waals surface area contributed by atoms with Gasteiger partial charge in [0.05, 0.1) is 22.6 Å². The van der Waals surface area contributed by atoms with Gasteiger partial charge >= 0.3 is 0 Å². The maximum absolute atomic E-state index is 12.7. The summed E-state index contributed by atoms with van der Waals surface area (Å²) in [5.74, 6) is 0.519. The fourth-order valence-corrected chi connectivity index (χ4v) is 4.29. The summed E-state index contributed by atoms with van der Waals surface area (Å²) in [6.45, 7) is 0. The molecular formula is C25H20N4OS. The summed E-state index contributed by atoms with van der Waals surface area (Å²) in [6.07, 6.45) is 0. The van der Waals surface area contributed by atoms with Crippen molar-refractivity contribution in [1.29, 1.82) is 5.41 Å². The van der Waals surface area contributed by atoms with E-state index in [1.807, 2.05) is 48.5 Å². The van der Waals surface area contributed by atoms with Crippen molar-refractivity contribution < 1.29 is 4.79 Å². The van der Waals surface area contributed by atoms with Gasteiger partial charge in [0, 0.05) is 11.4 Å². The number of carbonyl (C=O) groups excluding carboxylic acids is 1. The molecule has 0 aromatic heterocycles. The van der Waals surface area contributed by atoms with Crippen molar-refractivity contribution in [3.8, 4) is 0 Å². The zero-order chi connectivity index (χ0) is 21.2. The van der Waals surface area contributed by atoms with E-state index < -0.39 is 0 Å². The minimum Gasteiger partial charge on any atom is -0.353 e. The highest BCUT2D eigenvalue weighted by atomic mass is 32.2. The number of amides is 1. The van der Waals surface area contributed by atoms with Crippen molar-refractivity contribution in [2.45, 2.75) is 5.75 Å². The molecule has 5 nitrogen and oxygen atoms in total. The molecule has 0 spiro atoms. The van der Waals surface area contributed by atoms with Gasteiger partial charge in [0.2, 0.25) is 0 Å². The number of fused-ring (bicyclic) bond motifs is 3. The Balaban J connectivity index is 1.27.